The summed E-state index contributed by atoms with van der Waals surface area (Å²) in [4.78, 5) is 31.8. The van der Waals surface area contributed by atoms with Crippen LogP contribution in [-0.4, -0.2) is 30.1 Å². The van der Waals surface area contributed by atoms with Gasteiger partial charge in [0.25, 0.3) is 0 Å². The fourth-order valence-corrected chi connectivity index (χ4v) is 0.891. The fourth-order valence-electron chi connectivity index (χ4n) is 0.891. The van der Waals surface area contributed by atoms with Crippen LogP contribution in [-0.2, 0) is 14.6 Å². The third kappa shape index (κ3) is 5.72. The van der Waals surface area contributed by atoms with Gasteiger partial charge in [-0.25, -0.2) is 19.4 Å². The van der Waals surface area contributed by atoms with E-state index in [4.69, 9.17) is 0 Å². The summed E-state index contributed by atoms with van der Waals surface area (Å²) in [5, 5.41) is 0. The Bertz CT molecular complexity index is 227. The highest BCUT2D eigenvalue weighted by atomic mass is 17.2. The second-order valence-electron chi connectivity index (χ2n) is 2.89. The average Bonchev–Trinajstić information content (AvgIpc) is 2.26. The van der Waals surface area contributed by atoms with Crippen molar-refractivity contribution in [3.8, 4) is 0 Å². The van der Waals surface area contributed by atoms with E-state index in [2.05, 4.69) is 16.4 Å². The summed E-state index contributed by atoms with van der Waals surface area (Å²) in [5.74, 6) is -0.783. The van der Waals surface area contributed by atoms with Crippen LogP contribution >= 0.6 is 0 Å². The molecule has 0 atom stereocenters. The average molecular weight is 215 g/mol. The van der Waals surface area contributed by atoms with Crippen LogP contribution in [0.15, 0.2) is 12.7 Å². The van der Waals surface area contributed by atoms with Gasteiger partial charge in [0.2, 0.25) is 0 Å². The van der Waals surface area contributed by atoms with Crippen LogP contribution < -0.4 is 0 Å². The van der Waals surface area contributed by atoms with Crippen molar-refractivity contribution < 1.29 is 19.4 Å². The number of carbonyl (C=O) groups is 2. The monoisotopic (exact) mass is 215 g/mol. The highest BCUT2D eigenvalue weighted by Crippen LogP contribution is 1.99. The van der Waals surface area contributed by atoms with E-state index in [1.165, 1.54) is 4.90 Å². The predicted molar refractivity (Wildman–Crippen MR) is 54.9 cm³/mol. The molecule has 0 aliphatic carbocycles. The van der Waals surface area contributed by atoms with Crippen LogP contribution in [0.25, 0.3) is 0 Å². The Balaban J connectivity index is 3.92. The van der Waals surface area contributed by atoms with Gasteiger partial charge >= 0.3 is 12.1 Å². The molecule has 5 heteroatoms. The molecule has 0 aromatic heterocycles. The number of rotatable bonds is 5. The Morgan fingerprint density at radius 3 is 2.47 bits per heavy atom. The third-order valence-corrected chi connectivity index (χ3v) is 1.78. The summed E-state index contributed by atoms with van der Waals surface area (Å²) in [7, 11) is 0. The fraction of sp³-hybridized carbons (Fsp3) is 0.600. The van der Waals surface area contributed by atoms with Crippen molar-refractivity contribution in [1.29, 1.82) is 0 Å². The second kappa shape index (κ2) is 7.84. The molecule has 0 aromatic carbocycles. The second-order valence-corrected chi connectivity index (χ2v) is 2.89. The summed E-state index contributed by atoms with van der Waals surface area (Å²) in [6.45, 7) is 8.14. The lowest BCUT2D eigenvalue weighted by molar-refractivity contribution is -0.231. The first-order chi connectivity index (χ1) is 7.15. The molecule has 0 aliphatic rings. The number of unbranched alkanes of at least 4 members (excludes halogenated alkanes) is 1. The molecule has 0 spiro atoms. The molecule has 0 radical (unpaired) electrons. The first-order valence-electron chi connectivity index (χ1n) is 4.95. The van der Waals surface area contributed by atoms with Gasteiger partial charge in [0, 0.05) is 19.2 Å². The molecule has 0 aliphatic heterocycles. The van der Waals surface area contributed by atoms with Crippen molar-refractivity contribution in [2.45, 2.75) is 26.7 Å². The Hall–Kier alpha value is -1.52. The molecule has 0 aromatic rings. The molecule has 0 saturated heterocycles. The first-order valence-corrected chi connectivity index (χ1v) is 4.95. The van der Waals surface area contributed by atoms with E-state index in [-0.39, 0.29) is 0 Å². The lowest BCUT2D eigenvalue weighted by Gasteiger charge is -2.17. The Morgan fingerprint density at radius 2 is 2.00 bits per heavy atom. The molecule has 15 heavy (non-hydrogen) atoms. The van der Waals surface area contributed by atoms with Crippen LogP contribution in [0, 0.1) is 0 Å². The van der Waals surface area contributed by atoms with Gasteiger partial charge in [-0.1, -0.05) is 19.9 Å². The first kappa shape index (κ1) is 13.5. The molecular formula is C10H17NO4. The summed E-state index contributed by atoms with van der Waals surface area (Å²) >= 11 is 0. The molecule has 0 bridgehead atoms. The topological polar surface area (TPSA) is 55.8 Å². The SMILES string of the molecule is C=CC(=O)OOC(=O)N(CC)CCCC. The lowest BCUT2D eigenvalue weighted by Crippen LogP contribution is -2.32. The van der Waals surface area contributed by atoms with Crippen LogP contribution in [0.3, 0.4) is 0 Å². The van der Waals surface area contributed by atoms with Crippen LogP contribution in [0.1, 0.15) is 26.7 Å². The van der Waals surface area contributed by atoms with E-state index in [0.717, 1.165) is 18.9 Å². The summed E-state index contributed by atoms with van der Waals surface area (Å²) in [6, 6.07) is 0. The molecule has 0 fully saturated rings. The van der Waals surface area contributed by atoms with Gasteiger partial charge in [-0.2, -0.15) is 0 Å². The number of hydrogen-bond donors (Lipinski definition) is 0. The minimum Gasteiger partial charge on any atom is -0.305 e. The molecule has 0 heterocycles. The summed E-state index contributed by atoms with van der Waals surface area (Å²) in [6.07, 6.45) is 2.14. The number of amides is 1. The standard InChI is InChI=1S/C10H17NO4/c1-4-7-8-11(6-3)10(13)15-14-9(12)5-2/h5H,2,4,6-8H2,1,3H3. The predicted octanol–water partition coefficient (Wildman–Crippen LogP) is 1.89. The lowest BCUT2D eigenvalue weighted by atomic mass is 10.3. The van der Waals surface area contributed by atoms with Gasteiger partial charge in [0.15, 0.2) is 0 Å². The quantitative estimate of drug-likeness (QED) is 0.399. The summed E-state index contributed by atoms with van der Waals surface area (Å²) < 4.78 is 0. The zero-order chi connectivity index (χ0) is 11.7. The Kier molecular flexibility index (Phi) is 7.05. The van der Waals surface area contributed by atoms with E-state index in [0.29, 0.717) is 13.1 Å². The maximum absolute atomic E-state index is 11.3. The van der Waals surface area contributed by atoms with E-state index in [1.54, 1.807) is 0 Å². The molecule has 0 saturated carbocycles. The normalized spacial score (nSPS) is 9.20. The Morgan fingerprint density at radius 1 is 1.33 bits per heavy atom. The molecule has 86 valence electrons. The molecule has 0 rings (SSSR count). The van der Waals surface area contributed by atoms with Crippen LogP contribution in [0.4, 0.5) is 4.79 Å². The van der Waals surface area contributed by atoms with Gasteiger partial charge in [-0.05, 0) is 13.3 Å². The van der Waals surface area contributed by atoms with Crippen molar-refractivity contribution in [2.75, 3.05) is 13.1 Å². The maximum atomic E-state index is 11.3. The van der Waals surface area contributed by atoms with Gasteiger partial charge in [0.1, 0.15) is 0 Å². The highest BCUT2D eigenvalue weighted by Gasteiger charge is 2.14. The van der Waals surface area contributed by atoms with Crippen molar-refractivity contribution in [1.82, 2.24) is 4.90 Å². The van der Waals surface area contributed by atoms with E-state index >= 15 is 0 Å². The molecule has 5 nitrogen and oxygen atoms in total. The maximum Gasteiger partial charge on any atom is 0.453 e. The number of nitrogens with zero attached hydrogens (tertiary/aromatic N) is 1. The van der Waals surface area contributed by atoms with Crippen molar-refractivity contribution >= 4 is 12.1 Å². The van der Waals surface area contributed by atoms with Crippen LogP contribution in [0.5, 0.6) is 0 Å². The van der Waals surface area contributed by atoms with Crippen molar-refractivity contribution in [3.05, 3.63) is 12.7 Å². The number of carbonyl (C=O) groups excluding carboxylic acids is 2. The smallest absolute Gasteiger partial charge is 0.305 e. The Labute approximate surface area is 89.6 Å². The van der Waals surface area contributed by atoms with Gasteiger partial charge in [0.05, 0.1) is 0 Å². The highest BCUT2D eigenvalue weighted by molar-refractivity contribution is 5.81. The van der Waals surface area contributed by atoms with E-state index in [1.807, 2.05) is 13.8 Å². The van der Waals surface area contributed by atoms with Gasteiger partial charge in [-0.15, -0.1) is 0 Å². The number of hydrogen-bond acceptors (Lipinski definition) is 4. The molecular weight excluding hydrogens is 198 g/mol. The molecule has 0 N–H and O–H groups in total. The molecule has 0 unspecified atom stereocenters. The zero-order valence-corrected chi connectivity index (χ0v) is 9.19. The zero-order valence-electron chi connectivity index (χ0n) is 9.19. The van der Waals surface area contributed by atoms with Gasteiger partial charge < -0.3 is 4.90 Å². The minimum absolute atomic E-state index is 0.518. The van der Waals surface area contributed by atoms with E-state index < -0.39 is 12.1 Å². The van der Waals surface area contributed by atoms with Crippen molar-refractivity contribution in [3.63, 3.8) is 0 Å². The minimum atomic E-state index is -0.783. The van der Waals surface area contributed by atoms with Crippen LogP contribution in [0.2, 0.25) is 0 Å². The molecule has 1 amide bonds. The largest absolute Gasteiger partial charge is 0.453 e. The third-order valence-electron chi connectivity index (χ3n) is 1.78. The van der Waals surface area contributed by atoms with E-state index in [9.17, 15) is 9.59 Å². The van der Waals surface area contributed by atoms with Crippen molar-refractivity contribution in [2.24, 2.45) is 0 Å². The van der Waals surface area contributed by atoms with Gasteiger partial charge in [-0.3, -0.25) is 0 Å². The summed E-state index contributed by atoms with van der Waals surface area (Å²) in [5.41, 5.74) is 0.